The van der Waals surface area contributed by atoms with E-state index in [4.69, 9.17) is 10.8 Å². The highest BCUT2D eigenvalue weighted by molar-refractivity contribution is 5.67. The van der Waals surface area contributed by atoms with E-state index in [2.05, 4.69) is 0 Å². The summed E-state index contributed by atoms with van der Waals surface area (Å²) in [5.41, 5.74) is 5.15. The maximum absolute atomic E-state index is 10.2. The minimum absolute atomic E-state index is 0.152. The Kier molecular flexibility index (Phi) is 3.36. The lowest BCUT2D eigenvalue weighted by molar-refractivity contribution is -0.139. The summed E-state index contributed by atoms with van der Waals surface area (Å²) in [5, 5.41) is 8.43. The van der Waals surface area contributed by atoms with Crippen molar-refractivity contribution in [1.82, 2.24) is 0 Å². The number of hydrogen-bond acceptors (Lipinski definition) is 2. The maximum atomic E-state index is 10.2. The van der Waals surface area contributed by atoms with Crippen LogP contribution >= 0.6 is 0 Å². The van der Waals surface area contributed by atoms with Gasteiger partial charge in [-0.05, 0) is 18.4 Å². The molecule has 3 heteroatoms. The number of hydrogen-bond donors (Lipinski definition) is 2. The monoisotopic (exact) mass is 145 g/mol. The molecule has 10 heavy (non-hydrogen) atoms. The lowest BCUT2D eigenvalue weighted by atomic mass is 9.86. The number of rotatable bonds is 4. The van der Waals surface area contributed by atoms with E-state index in [-0.39, 0.29) is 11.8 Å². The number of aliphatic carboxylic acids is 1. The molecule has 0 aromatic carbocycles. The molecule has 0 rings (SSSR count). The zero-order valence-corrected chi connectivity index (χ0v) is 6.55. The van der Waals surface area contributed by atoms with Gasteiger partial charge in [-0.2, -0.15) is 0 Å². The molecule has 0 heterocycles. The van der Waals surface area contributed by atoms with Crippen LogP contribution in [0.4, 0.5) is 0 Å². The molecule has 0 aliphatic heterocycles. The van der Waals surface area contributed by atoms with Gasteiger partial charge >= 0.3 is 5.97 Å². The van der Waals surface area contributed by atoms with E-state index >= 15 is 0 Å². The molecule has 0 radical (unpaired) electrons. The molecule has 3 N–H and O–H groups in total. The van der Waals surface area contributed by atoms with E-state index in [1.165, 1.54) is 0 Å². The van der Waals surface area contributed by atoms with Crippen LogP contribution in [0, 0.1) is 5.41 Å². The molecule has 0 aromatic heterocycles. The summed E-state index contributed by atoms with van der Waals surface area (Å²) in [6.07, 6.45) is 0.962. The SMILES string of the molecule is CC(C)(CCN)CC(=O)O. The molecule has 0 saturated carbocycles. The van der Waals surface area contributed by atoms with Crippen molar-refractivity contribution in [2.75, 3.05) is 6.54 Å². The largest absolute Gasteiger partial charge is 0.481 e. The van der Waals surface area contributed by atoms with Crippen molar-refractivity contribution < 1.29 is 9.90 Å². The van der Waals surface area contributed by atoms with Crippen molar-refractivity contribution in [2.24, 2.45) is 11.1 Å². The molecular formula is C7H15NO2. The predicted octanol–water partition coefficient (Wildman–Crippen LogP) is 0.836. The summed E-state index contributed by atoms with van der Waals surface area (Å²) in [7, 11) is 0. The Balaban J connectivity index is 3.74. The zero-order chi connectivity index (χ0) is 8.20. The van der Waals surface area contributed by atoms with Gasteiger partial charge in [0.05, 0.1) is 6.42 Å². The Hall–Kier alpha value is -0.570. The molecule has 3 nitrogen and oxygen atoms in total. The van der Waals surface area contributed by atoms with Gasteiger partial charge in [0.1, 0.15) is 0 Å². The van der Waals surface area contributed by atoms with E-state index in [9.17, 15) is 4.79 Å². The highest BCUT2D eigenvalue weighted by Gasteiger charge is 2.20. The lowest BCUT2D eigenvalue weighted by Crippen LogP contribution is -2.20. The van der Waals surface area contributed by atoms with Gasteiger partial charge in [-0.1, -0.05) is 13.8 Å². The quantitative estimate of drug-likeness (QED) is 0.616. The van der Waals surface area contributed by atoms with Crippen LogP contribution < -0.4 is 5.73 Å². The highest BCUT2D eigenvalue weighted by Crippen LogP contribution is 2.23. The zero-order valence-electron chi connectivity index (χ0n) is 6.55. The van der Waals surface area contributed by atoms with E-state index in [1.54, 1.807) is 0 Å². The van der Waals surface area contributed by atoms with Crippen molar-refractivity contribution in [3.8, 4) is 0 Å². The second-order valence-corrected chi connectivity index (χ2v) is 3.27. The second-order valence-electron chi connectivity index (χ2n) is 3.27. The third-order valence-electron chi connectivity index (χ3n) is 1.45. The first-order valence-corrected chi connectivity index (χ1v) is 3.40. The van der Waals surface area contributed by atoms with Gasteiger partial charge in [-0.25, -0.2) is 0 Å². The highest BCUT2D eigenvalue weighted by atomic mass is 16.4. The molecule has 0 unspecified atom stereocenters. The Bertz CT molecular complexity index is 121. The Morgan fingerprint density at radius 1 is 1.60 bits per heavy atom. The van der Waals surface area contributed by atoms with Gasteiger partial charge in [0, 0.05) is 0 Å². The molecule has 0 atom stereocenters. The van der Waals surface area contributed by atoms with Crippen molar-refractivity contribution in [1.29, 1.82) is 0 Å². The number of nitrogens with two attached hydrogens (primary N) is 1. The number of carbonyl (C=O) groups is 1. The van der Waals surface area contributed by atoms with Crippen molar-refractivity contribution >= 4 is 5.97 Å². The topological polar surface area (TPSA) is 63.3 Å². The molecule has 0 amide bonds. The van der Waals surface area contributed by atoms with Gasteiger partial charge in [0.25, 0.3) is 0 Å². The Labute approximate surface area is 61.2 Å². The first-order chi connectivity index (χ1) is 4.48. The molecule has 0 saturated heterocycles. The fourth-order valence-electron chi connectivity index (χ4n) is 0.889. The van der Waals surface area contributed by atoms with Crippen molar-refractivity contribution in [3.63, 3.8) is 0 Å². The molecule has 0 bridgehead atoms. The predicted molar refractivity (Wildman–Crippen MR) is 39.7 cm³/mol. The van der Waals surface area contributed by atoms with Gasteiger partial charge in [-0.3, -0.25) is 4.79 Å². The molecule has 60 valence electrons. The lowest BCUT2D eigenvalue weighted by Gasteiger charge is -2.20. The normalized spacial score (nSPS) is 11.5. The van der Waals surface area contributed by atoms with Gasteiger partial charge in [-0.15, -0.1) is 0 Å². The molecule has 0 fully saturated rings. The third-order valence-corrected chi connectivity index (χ3v) is 1.45. The number of carboxylic acids is 1. The standard InChI is InChI=1S/C7H15NO2/c1-7(2,3-4-8)5-6(9)10/h3-5,8H2,1-2H3,(H,9,10). The van der Waals surface area contributed by atoms with Crippen LogP contribution in [0.15, 0.2) is 0 Å². The van der Waals surface area contributed by atoms with Crippen LogP contribution in [-0.2, 0) is 4.79 Å². The van der Waals surface area contributed by atoms with Crippen LogP contribution in [0.25, 0.3) is 0 Å². The summed E-state index contributed by atoms with van der Waals surface area (Å²) < 4.78 is 0. The van der Waals surface area contributed by atoms with Crippen LogP contribution in [0.2, 0.25) is 0 Å². The first-order valence-electron chi connectivity index (χ1n) is 3.40. The second kappa shape index (κ2) is 3.56. The van der Waals surface area contributed by atoms with E-state index < -0.39 is 5.97 Å². The minimum atomic E-state index is -0.751. The fraction of sp³-hybridized carbons (Fsp3) is 0.857. The Morgan fingerprint density at radius 2 is 2.10 bits per heavy atom. The van der Waals surface area contributed by atoms with Crippen LogP contribution in [0.3, 0.4) is 0 Å². The average Bonchev–Trinajstić information content (AvgIpc) is 1.59. The van der Waals surface area contributed by atoms with Crippen LogP contribution in [0.5, 0.6) is 0 Å². The van der Waals surface area contributed by atoms with Gasteiger partial charge in [0.15, 0.2) is 0 Å². The third kappa shape index (κ3) is 4.32. The maximum Gasteiger partial charge on any atom is 0.303 e. The van der Waals surface area contributed by atoms with E-state index in [0.29, 0.717) is 6.54 Å². The molecule has 0 aliphatic rings. The first kappa shape index (κ1) is 9.43. The van der Waals surface area contributed by atoms with Crippen molar-refractivity contribution in [2.45, 2.75) is 26.7 Å². The Morgan fingerprint density at radius 3 is 2.40 bits per heavy atom. The van der Waals surface area contributed by atoms with Gasteiger partial charge in [0.2, 0.25) is 0 Å². The molecule has 0 spiro atoms. The average molecular weight is 145 g/mol. The molecular weight excluding hydrogens is 130 g/mol. The summed E-state index contributed by atoms with van der Waals surface area (Å²) in [6, 6.07) is 0. The van der Waals surface area contributed by atoms with E-state index in [0.717, 1.165) is 6.42 Å². The summed E-state index contributed by atoms with van der Waals surface area (Å²) >= 11 is 0. The van der Waals surface area contributed by atoms with E-state index in [1.807, 2.05) is 13.8 Å². The molecule has 0 aromatic rings. The van der Waals surface area contributed by atoms with Crippen LogP contribution in [0.1, 0.15) is 26.7 Å². The minimum Gasteiger partial charge on any atom is -0.481 e. The summed E-state index contributed by atoms with van der Waals surface area (Å²) in [4.78, 5) is 10.2. The fourth-order valence-corrected chi connectivity index (χ4v) is 0.889. The summed E-state index contributed by atoms with van der Waals surface area (Å²) in [5.74, 6) is -0.751. The molecule has 0 aliphatic carbocycles. The van der Waals surface area contributed by atoms with Crippen molar-refractivity contribution in [3.05, 3.63) is 0 Å². The smallest absolute Gasteiger partial charge is 0.303 e. The van der Waals surface area contributed by atoms with Crippen LogP contribution in [-0.4, -0.2) is 17.6 Å². The van der Waals surface area contributed by atoms with Gasteiger partial charge < -0.3 is 10.8 Å². The number of carboxylic acid groups (broad SMARTS) is 1. The summed E-state index contributed by atoms with van der Waals surface area (Å²) in [6.45, 7) is 4.38.